The molecule has 10 heteroatoms. The van der Waals surface area contributed by atoms with Gasteiger partial charge in [0.05, 0.1) is 23.4 Å². The number of carbonyl (C=O) groups is 2. The molecule has 1 aliphatic rings. The van der Waals surface area contributed by atoms with Crippen LogP contribution < -0.4 is 21.5 Å². The fourth-order valence-electron chi connectivity index (χ4n) is 3.87. The van der Waals surface area contributed by atoms with Gasteiger partial charge in [0, 0.05) is 19.2 Å². The smallest absolute Gasteiger partial charge is 0.405 e. The van der Waals surface area contributed by atoms with Crippen molar-refractivity contribution in [3.05, 3.63) is 58.6 Å². The van der Waals surface area contributed by atoms with Gasteiger partial charge in [0.15, 0.2) is 0 Å². The van der Waals surface area contributed by atoms with Crippen molar-refractivity contribution in [2.24, 2.45) is 11.7 Å². The Balaban J connectivity index is 0.00000385. The number of ether oxygens (including phenoxy) is 2. The predicted octanol–water partition coefficient (Wildman–Crippen LogP) is 3.63. The highest BCUT2D eigenvalue weighted by Crippen LogP contribution is 2.29. The molecule has 5 N–H and O–H groups in total. The van der Waals surface area contributed by atoms with E-state index in [0.29, 0.717) is 41.0 Å². The first kappa shape index (κ1) is 26.6. The number of anilines is 1. The van der Waals surface area contributed by atoms with Crippen molar-refractivity contribution < 1.29 is 19.1 Å². The van der Waals surface area contributed by atoms with Crippen molar-refractivity contribution in [2.45, 2.75) is 18.9 Å². The molecule has 8 nitrogen and oxygen atoms in total. The van der Waals surface area contributed by atoms with E-state index >= 15 is 0 Å². The maximum atomic E-state index is 12.6. The average Bonchev–Trinajstić information content (AvgIpc) is 2.79. The first-order valence-electron chi connectivity index (χ1n) is 10.5. The topological polar surface area (TPSA) is 120 Å². The van der Waals surface area contributed by atoms with Crippen LogP contribution in [0, 0.1) is 5.92 Å². The number of nitrogens with two attached hydrogens (primary N) is 2. The number of piperidine rings is 1. The van der Waals surface area contributed by atoms with Crippen LogP contribution >= 0.6 is 24.0 Å². The third-order valence-corrected chi connectivity index (χ3v) is 6.00. The summed E-state index contributed by atoms with van der Waals surface area (Å²) < 4.78 is 10.6. The van der Waals surface area contributed by atoms with Crippen molar-refractivity contribution in [1.29, 1.82) is 0 Å². The number of likely N-dealkylation sites (tertiary alicyclic amines) is 1. The summed E-state index contributed by atoms with van der Waals surface area (Å²) in [5, 5.41) is 3.29. The van der Waals surface area contributed by atoms with Crippen LogP contribution in [0.2, 0.25) is 5.02 Å². The van der Waals surface area contributed by atoms with Crippen molar-refractivity contribution in [3.8, 4) is 5.75 Å². The highest BCUT2D eigenvalue weighted by Gasteiger charge is 2.25. The summed E-state index contributed by atoms with van der Waals surface area (Å²) in [6, 6.07) is 12.7. The van der Waals surface area contributed by atoms with Crippen LogP contribution in [0.25, 0.3) is 0 Å². The molecule has 0 bridgehead atoms. The second kappa shape index (κ2) is 12.5. The Bertz CT molecular complexity index is 938. The number of nitrogens with one attached hydrogen (secondary N) is 1. The molecule has 0 radical (unpaired) electrons. The number of halogens is 2. The number of methoxy groups -OCH3 is 1. The summed E-state index contributed by atoms with van der Waals surface area (Å²) in [5.74, 6) is 0.489. The Labute approximate surface area is 204 Å². The van der Waals surface area contributed by atoms with Crippen molar-refractivity contribution in [2.75, 3.05) is 39.0 Å². The van der Waals surface area contributed by atoms with Gasteiger partial charge < -0.3 is 26.3 Å². The minimum Gasteiger partial charge on any atom is -0.496 e. The highest BCUT2D eigenvalue weighted by molar-refractivity contribution is 6.33. The molecule has 1 heterocycles. The van der Waals surface area contributed by atoms with Gasteiger partial charge in [0.2, 0.25) is 0 Å². The number of nitrogen functional groups attached to an aromatic ring is 1. The molecule has 1 unspecified atom stereocenters. The Hall–Kier alpha value is -2.68. The van der Waals surface area contributed by atoms with E-state index < -0.39 is 12.2 Å². The number of carbonyl (C=O) groups excluding carboxylic acids is 2. The summed E-state index contributed by atoms with van der Waals surface area (Å²) in [6.45, 7) is 2.80. The fourth-order valence-corrected chi connectivity index (χ4v) is 4.04. The van der Waals surface area contributed by atoms with Gasteiger partial charge in [-0.05, 0) is 43.5 Å². The zero-order valence-electron chi connectivity index (χ0n) is 18.5. The Morgan fingerprint density at radius 2 is 1.88 bits per heavy atom. The van der Waals surface area contributed by atoms with Gasteiger partial charge in [0.25, 0.3) is 5.91 Å². The second-order valence-corrected chi connectivity index (χ2v) is 8.27. The van der Waals surface area contributed by atoms with E-state index in [9.17, 15) is 9.59 Å². The van der Waals surface area contributed by atoms with Crippen LogP contribution in [0.1, 0.15) is 34.9 Å². The van der Waals surface area contributed by atoms with Gasteiger partial charge >= 0.3 is 6.09 Å². The van der Waals surface area contributed by atoms with Crippen molar-refractivity contribution in [1.82, 2.24) is 10.2 Å². The fraction of sp³-hybridized carbons (Fsp3) is 0.391. The van der Waals surface area contributed by atoms with Crippen molar-refractivity contribution >= 4 is 41.7 Å². The molecule has 1 fully saturated rings. The van der Waals surface area contributed by atoms with E-state index in [4.69, 9.17) is 32.5 Å². The van der Waals surface area contributed by atoms with Gasteiger partial charge in [-0.25, -0.2) is 4.79 Å². The number of primary amides is 1. The largest absolute Gasteiger partial charge is 0.496 e. The van der Waals surface area contributed by atoms with Crippen LogP contribution in [0.3, 0.4) is 0 Å². The summed E-state index contributed by atoms with van der Waals surface area (Å²) >= 11 is 6.06. The molecule has 3 rings (SSSR count). The minimum atomic E-state index is -0.783. The van der Waals surface area contributed by atoms with Crippen LogP contribution in [0.5, 0.6) is 5.75 Å². The average molecular weight is 497 g/mol. The molecule has 1 aliphatic heterocycles. The van der Waals surface area contributed by atoms with E-state index in [1.54, 1.807) is 6.07 Å². The van der Waals surface area contributed by atoms with Crippen LogP contribution in [-0.4, -0.2) is 50.2 Å². The molecular formula is C23H30Cl2N4O4. The normalized spacial score (nSPS) is 15.2. The maximum Gasteiger partial charge on any atom is 0.405 e. The summed E-state index contributed by atoms with van der Waals surface area (Å²) in [7, 11) is 1.49. The Morgan fingerprint density at radius 1 is 1.21 bits per heavy atom. The third kappa shape index (κ3) is 7.42. The summed E-state index contributed by atoms with van der Waals surface area (Å²) in [6.07, 6.45) is 0.637. The van der Waals surface area contributed by atoms with E-state index in [0.717, 1.165) is 31.5 Å². The highest BCUT2D eigenvalue weighted by atomic mass is 35.5. The standard InChI is InChI=1S/C23H29ClN4O4.ClH/c1-31-20-12-19(25)18(24)11-17(20)22(29)27-13-15-7-9-28(10-8-15)14-21(32-23(26)30)16-5-3-2-4-6-16;/h2-6,11-12,15,21H,7-10,13-14,25H2,1H3,(H2,26,30)(H,27,29);1H. The number of nitrogens with zero attached hydrogens (tertiary/aromatic N) is 1. The molecule has 2 amide bonds. The summed E-state index contributed by atoms with van der Waals surface area (Å²) in [5.41, 5.74) is 12.7. The third-order valence-electron chi connectivity index (χ3n) is 5.68. The molecule has 0 spiro atoms. The predicted molar refractivity (Wildman–Crippen MR) is 131 cm³/mol. The second-order valence-electron chi connectivity index (χ2n) is 7.86. The quantitative estimate of drug-likeness (QED) is 0.479. The lowest BCUT2D eigenvalue weighted by Crippen LogP contribution is -2.41. The molecule has 0 aliphatic carbocycles. The van der Waals surface area contributed by atoms with Crippen LogP contribution in [0.4, 0.5) is 10.5 Å². The SMILES string of the molecule is COc1cc(N)c(Cl)cc1C(=O)NCC1CCN(CC(OC(N)=O)c2ccccc2)CC1.Cl. The monoisotopic (exact) mass is 496 g/mol. The Kier molecular flexibility index (Phi) is 10.1. The van der Waals surface area contributed by atoms with Gasteiger partial charge in [-0.15, -0.1) is 12.4 Å². The van der Waals surface area contributed by atoms with E-state index in [2.05, 4.69) is 10.2 Å². The Morgan fingerprint density at radius 3 is 2.48 bits per heavy atom. The lowest BCUT2D eigenvalue weighted by atomic mass is 9.96. The van der Waals surface area contributed by atoms with E-state index in [-0.39, 0.29) is 18.3 Å². The molecular weight excluding hydrogens is 467 g/mol. The number of amides is 2. The molecule has 0 saturated carbocycles. The van der Waals surface area contributed by atoms with Crippen LogP contribution in [0.15, 0.2) is 42.5 Å². The van der Waals surface area contributed by atoms with Gasteiger partial charge in [-0.3, -0.25) is 9.69 Å². The van der Waals surface area contributed by atoms with Gasteiger partial charge in [-0.1, -0.05) is 41.9 Å². The number of benzene rings is 2. The minimum absolute atomic E-state index is 0. The summed E-state index contributed by atoms with van der Waals surface area (Å²) in [4.78, 5) is 26.2. The zero-order chi connectivity index (χ0) is 23.1. The molecule has 180 valence electrons. The molecule has 1 atom stereocenters. The molecule has 2 aromatic rings. The number of hydrogen-bond acceptors (Lipinski definition) is 6. The van der Waals surface area contributed by atoms with E-state index in [1.807, 2.05) is 30.3 Å². The molecule has 1 saturated heterocycles. The first-order valence-corrected chi connectivity index (χ1v) is 10.9. The van der Waals surface area contributed by atoms with E-state index in [1.165, 1.54) is 13.2 Å². The van der Waals surface area contributed by atoms with Crippen LogP contribution in [-0.2, 0) is 4.74 Å². The zero-order valence-corrected chi connectivity index (χ0v) is 20.0. The van der Waals surface area contributed by atoms with Gasteiger partial charge in [0.1, 0.15) is 11.9 Å². The lowest BCUT2D eigenvalue weighted by Gasteiger charge is -2.34. The maximum absolute atomic E-state index is 12.6. The first-order chi connectivity index (χ1) is 15.4. The number of hydrogen-bond donors (Lipinski definition) is 3. The molecule has 33 heavy (non-hydrogen) atoms. The number of rotatable bonds is 8. The lowest BCUT2D eigenvalue weighted by molar-refractivity contribution is 0.0633. The van der Waals surface area contributed by atoms with Crippen molar-refractivity contribution in [3.63, 3.8) is 0 Å². The van der Waals surface area contributed by atoms with Gasteiger partial charge in [-0.2, -0.15) is 0 Å². The molecule has 0 aromatic heterocycles. The molecule has 2 aromatic carbocycles.